The molecule has 0 bridgehead atoms. The number of halogens is 1. The monoisotopic (exact) mass is 351 g/mol. The molecule has 2 N–H and O–H groups in total. The van der Waals surface area contributed by atoms with Crippen LogP contribution in [0.25, 0.3) is 16.8 Å². The standard InChI is InChI=1S/C19H18FN5O/c1-12(15-9-14(20)3-4-17(15)26)22-18-6-8-25-19(23-18)16(10-21-25)13-5-7-24(2)11-13/h3-12,26H,1-2H3,(H,22,23). The van der Waals surface area contributed by atoms with Gasteiger partial charge in [0.2, 0.25) is 0 Å². The van der Waals surface area contributed by atoms with E-state index < -0.39 is 5.82 Å². The number of hydrogen-bond donors (Lipinski definition) is 2. The van der Waals surface area contributed by atoms with Gasteiger partial charge in [-0.05, 0) is 37.3 Å². The molecule has 132 valence electrons. The maximum Gasteiger partial charge on any atom is 0.165 e. The lowest BCUT2D eigenvalue weighted by molar-refractivity contribution is 0.462. The number of nitrogens with one attached hydrogen (secondary N) is 1. The second kappa shape index (κ2) is 6.18. The predicted octanol–water partition coefficient (Wildman–Crippen LogP) is 3.75. The van der Waals surface area contributed by atoms with Crippen LogP contribution in [-0.2, 0) is 7.05 Å². The molecule has 4 aromatic rings. The van der Waals surface area contributed by atoms with Gasteiger partial charge in [0.1, 0.15) is 17.4 Å². The van der Waals surface area contributed by atoms with Crippen LogP contribution in [0.4, 0.5) is 10.2 Å². The van der Waals surface area contributed by atoms with Crippen LogP contribution in [0.5, 0.6) is 5.75 Å². The normalized spacial score (nSPS) is 12.4. The summed E-state index contributed by atoms with van der Waals surface area (Å²) >= 11 is 0. The van der Waals surface area contributed by atoms with Gasteiger partial charge in [-0.2, -0.15) is 5.10 Å². The van der Waals surface area contributed by atoms with E-state index in [2.05, 4.69) is 15.4 Å². The molecule has 6 nitrogen and oxygen atoms in total. The smallest absolute Gasteiger partial charge is 0.165 e. The van der Waals surface area contributed by atoms with Crippen LogP contribution in [0, 0.1) is 5.82 Å². The molecule has 1 unspecified atom stereocenters. The van der Waals surface area contributed by atoms with E-state index in [0.717, 1.165) is 16.8 Å². The van der Waals surface area contributed by atoms with Gasteiger partial charge in [-0.3, -0.25) is 0 Å². The van der Waals surface area contributed by atoms with Crippen molar-refractivity contribution in [2.45, 2.75) is 13.0 Å². The third-order valence-corrected chi connectivity index (χ3v) is 4.33. The number of aromatic hydroxyl groups is 1. The summed E-state index contributed by atoms with van der Waals surface area (Å²) in [5, 5.41) is 17.5. The Morgan fingerprint density at radius 1 is 1.19 bits per heavy atom. The molecule has 4 rings (SSSR count). The topological polar surface area (TPSA) is 67.4 Å². The number of hydrogen-bond acceptors (Lipinski definition) is 4. The molecule has 0 amide bonds. The average Bonchev–Trinajstić information content (AvgIpc) is 3.22. The zero-order chi connectivity index (χ0) is 18.3. The summed E-state index contributed by atoms with van der Waals surface area (Å²) < 4.78 is 17.2. The molecule has 0 spiro atoms. The molecule has 0 aliphatic carbocycles. The number of anilines is 1. The van der Waals surface area contributed by atoms with Gasteiger partial charge < -0.3 is 15.0 Å². The summed E-state index contributed by atoms with van der Waals surface area (Å²) in [4.78, 5) is 4.64. The van der Waals surface area contributed by atoms with Crippen LogP contribution in [-0.4, -0.2) is 24.3 Å². The van der Waals surface area contributed by atoms with Crippen molar-refractivity contribution in [1.82, 2.24) is 19.2 Å². The van der Waals surface area contributed by atoms with E-state index in [-0.39, 0.29) is 11.8 Å². The Hall–Kier alpha value is -3.35. The molecule has 26 heavy (non-hydrogen) atoms. The number of aromatic nitrogens is 4. The second-order valence-corrected chi connectivity index (χ2v) is 6.27. The minimum atomic E-state index is -0.392. The van der Waals surface area contributed by atoms with Crippen molar-refractivity contribution < 1.29 is 9.50 Å². The molecule has 0 saturated heterocycles. The molecule has 1 aromatic carbocycles. The summed E-state index contributed by atoms with van der Waals surface area (Å²) in [6.07, 6.45) is 7.57. The largest absolute Gasteiger partial charge is 0.508 e. The fourth-order valence-electron chi connectivity index (χ4n) is 2.99. The number of aryl methyl sites for hydroxylation is 1. The van der Waals surface area contributed by atoms with Crippen LogP contribution in [0.1, 0.15) is 18.5 Å². The highest BCUT2D eigenvalue weighted by Crippen LogP contribution is 2.28. The van der Waals surface area contributed by atoms with Gasteiger partial charge in [0.15, 0.2) is 5.65 Å². The number of phenols is 1. The van der Waals surface area contributed by atoms with E-state index in [1.165, 1.54) is 18.2 Å². The van der Waals surface area contributed by atoms with Crippen molar-refractivity contribution >= 4 is 11.5 Å². The average molecular weight is 351 g/mol. The SMILES string of the molecule is CC(Nc1ccn2ncc(-c3ccn(C)c3)c2n1)c1cc(F)ccc1O. The Balaban J connectivity index is 1.68. The van der Waals surface area contributed by atoms with Crippen molar-refractivity contribution in [2.24, 2.45) is 7.05 Å². The molecule has 0 aliphatic heterocycles. The number of rotatable bonds is 4. The minimum Gasteiger partial charge on any atom is -0.508 e. The van der Waals surface area contributed by atoms with E-state index in [9.17, 15) is 9.50 Å². The first-order valence-corrected chi connectivity index (χ1v) is 8.23. The maximum atomic E-state index is 13.5. The summed E-state index contributed by atoms with van der Waals surface area (Å²) in [6.45, 7) is 1.84. The van der Waals surface area contributed by atoms with Crippen molar-refractivity contribution in [1.29, 1.82) is 0 Å². The number of phenolic OH excluding ortho intramolecular Hbond substituents is 1. The predicted molar refractivity (Wildman–Crippen MR) is 97.5 cm³/mol. The Morgan fingerprint density at radius 3 is 2.81 bits per heavy atom. The zero-order valence-corrected chi connectivity index (χ0v) is 14.4. The molecule has 3 aromatic heterocycles. The maximum absolute atomic E-state index is 13.5. The van der Waals surface area contributed by atoms with Crippen LogP contribution in [0.3, 0.4) is 0 Å². The molecule has 7 heteroatoms. The number of fused-ring (bicyclic) bond motifs is 1. The first kappa shape index (κ1) is 16.1. The van der Waals surface area contributed by atoms with Crippen LogP contribution in [0.2, 0.25) is 0 Å². The van der Waals surface area contributed by atoms with E-state index in [1.807, 2.05) is 43.2 Å². The number of benzene rings is 1. The van der Waals surface area contributed by atoms with E-state index in [4.69, 9.17) is 0 Å². The molecule has 1 atom stereocenters. The first-order valence-electron chi connectivity index (χ1n) is 8.23. The molecule has 0 aliphatic rings. The summed E-state index contributed by atoms with van der Waals surface area (Å²) in [5.74, 6) is 0.269. The summed E-state index contributed by atoms with van der Waals surface area (Å²) in [6, 6.07) is 7.38. The van der Waals surface area contributed by atoms with Crippen molar-refractivity contribution in [3.63, 3.8) is 0 Å². The van der Waals surface area contributed by atoms with Crippen molar-refractivity contribution in [3.8, 4) is 16.9 Å². The van der Waals surface area contributed by atoms with Crippen LogP contribution in [0.15, 0.2) is 55.1 Å². The first-order chi connectivity index (χ1) is 12.5. The second-order valence-electron chi connectivity index (χ2n) is 6.27. The molecular weight excluding hydrogens is 333 g/mol. The third-order valence-electron chi connectivity index (χ3n) is 4.33. The van der Waals surface area contributed by atoms with Crippen molar-refractivity contribution in [3.05, 3.63) is 66.5 Å². The Labute approximate surface area is 149 Å². The van der Waals surface area contributed by atoms with E-state index in [0.29, 0.717) is 11.4 Å². The molecule has 3 heterocycles. The Kier molecular flexibility index (Phi) is 3.84. The van der Waals surface area contributed by atoms with Gasteiger partial charge >= 0.3 is 0 Å². The van der Waals surface area contributed by atoms with Gasteiger partial charge in [0.05, 0.1) is 12.2 Å². The Morgan fingerprint density at radius 2 is 2.04 bits per heavy atom. The molecule has 0 fully saturated rings. The quantitative estimate of drug-likeness (QED) is 0.588. The lowest BCUT2D eigenvalue weighted by Crippen LogP contribution is -2.09. The van der Waals surface area contributed by atoms with Crippen molar-refractivity contribution in [2.75, 3.05) is 5.32 Å². The minimum absolute atomic E-state index is 0.0433. The molecule has 0 saturated carbocycles. The van der Waals surface area contributed by atoms with Gasteiger partial charge in [-0.25, -0.2) is 13.9 Å². The van der Waals surface area contributed by atoms with Gasteiger partial charge in [0.25, 0.3) is 0 Å². The van der Waals surface area contributed by atoms with Gasteiger partial charge in [-0.1, -0.05) is 0 Å². The highest BCUT2D eigenvalue weighted by Gasteiger charge is 2.14. The summed E-state index contributed by atoms with van der Waals surface area (Å²) in [7, 11) is 1.96. The molecular formula is C19H18FN5O. The number of nitrogens with zero attached hydrogens (tertiary/aromatic N) is 4. The Bertz CT molecular complexity index is 1080. The fourth-order valence-corrected chi connectivity index (χ4v) is 2.99. The zero-order valence-electron chi connectivity index (χ0n) is 14.4. The van der Waals surface area contributed by atoms with Gasteiger partial charge in [-0.15, -0.1) is 0 Å². The highest BCUT2D eigenvalue weighted by atomic mass is 19.1. The fraction of sp³-hybridized carbons (Fsp3) is 0.158. The van der Waals surface area contributed by atoms with Gasteiger partial charge in [0, 0.05) is 42.3 Å². The lowest BCUT2D eigenvalue weighted by Gasteiger charge is -2.16. The third kappa shape index (κ3) is 2.88. The molecule has 0 radical (unpaired) electrons. The van der Waals surface area contributed by atoms with E-state index in [1.54, 1.807) is 16.8 Å². The lowest BCUT2D eigenvalue weighted by atomic mass is 10.1. The van der Waals surface area contributed by atoms with Crippen LogP contribution < -0.4 is 5.32 Å². The summed E-state index contributed by atoms with van der Waals surface area (Å²) in [5.41, 5.74) is 3.15. The highest BCUT2D eigenvalue weighted by molar-refractivity contribution is 5.77. The van der Waals surface area contributed by atoms with Crippen LogP contribution >= 0.6 is 0 Å². The van der Waals surface area contributed by atoms with E-state index >= 15 is 0 Å².